The summed E-state index contributed by atoms with van der Waals surface area (Å²) in [6.45, 7) is 6.04. The number of aromatic nitrogens is 2. The van der Waals surface area contributed by atoms with E-state index in [2.05, 4.69) is 18.9 Å². The summed E-state index contributed by atoms with van der Waals surface area (Å²) in [6.07, 6.45) is 2.46. The van der Waals surface area contributed by atoms with Crippen LogP contribution >= 0.6 is 0 Å². The van der Waals surface area contributed by atoms with E-state index in [9.17, 15) is 4.39 Å². The molecule has 0 fully saturated rings. The van der Waals surface area contributed by atoms with E-state index in [0.717, 1.165) is 11.3 Å². The van der Waals surface area contributed by atoms with Crippen LogP contribution in [0.25, 0.3) is 5.69 Å². The van der Waals surface area contributed by atoms with Crippen molar-refractivity contribution in [3.63, 3.8) is 0 Å². The smallest absolute Gasteiger partial charge is 0.149 e. The molecule has 0 aliphatic heterocycles. The minimum absolute atomic E-state index is 0.0301. The number of hydrogen-bond acceptors (Lipinski definition) is 2. The van der Waals surface area contributed by atoms with Crippen LogP contribution in [0.4, 0.5) is 4.39 Å². The highest BCUT2D eigenvalue weighted by Gasteiger charge is 2.10. The van der Waals surface area contributed by atoms with E-state index in [1.807, 2.05) is 19.1 Å². The van der Waals surface area contributed by atoms with Gasteiger partial charge in [0.25, 0.3) is 0 Å². The maximum absolute atomic E-state index is 14.1. The highest BCUT2D eigenvalue weighted by molar-refractivity contribution is 5.36. The zero-order chi connectivity index (χ0) is 14.0. The third kappa shape index (κ3) is 3.20. The Morgan fingerprint density at radius 1 is 1.26 bits per heavy atom. The average molecular weight is 261 g/mol. The Kier molecular flexibility index (Phi) is 4.00. The van der Waals surface area contributed by atoms with Gasteiger partial charge in [-0.3, -0.25) is 0 Å². The van der Waals surface area contributed by atoms with Gasteiger partial charge >= 0.3 is 0 Å². The summed E-state index contributed by atoms with van der Waals surface area (Å²) in [4.78, 5) is 0. The van der Waals surface area contributed by atoms with Gasteiger partial charge in [-0.05, 0) is 43.0 Å². The first-order chi connectivity index (χ1) is 8.97. The molecule has 0 spiro atoms. The molecule has 3 nitrogen and oxygen atoms in total. The number of benzene rings is 1. The maximum atomic E-state index is 14.1. The molecule has 2 N–H and O–H groups in total. The molecular weight excluding hydrogens is 241 g/mol. The molecule has 2 rings (SSSR count). The van der Waals surface area contributed by atoms with Crippen molar-refractivity contribution in [3.8, 4) is 5.69 Å². The summed E-state index contributed by atoms with van der Waals surface area (Å²) < 4.78 is 15.7. The minimum Gasteiger partial charge on any atom is -0.328 e. The fourth-order valence-corrected chi connectivity index (χ4v) is 2.02. The van der Waals surface area contributed by atoms with Crippen molar-refractivity contribution in [2.24, 2.45) is 5.73 Å². The maximum Gasteiger partial charge on any atom is 0.149 e. The summed E-state index contributed by atoms with van der Waals surface area (Å²) in [5.41, 5.74) is 8.06. The van der Waals surface area contributed by atoms with Gasteiger partial charge in [0.15, 0.2) is 0 Å². The molecule has 0 saturated heterocycles. The van der Waals surface area contributed by atoms with Gasteiger partial charge in [-0.1, -0.05) is 19.9 Å². The SMILES string of the molecule is CC(N)Cc1ccc(-n2ccc(C(C)C)n2)c(F)c1. The molecule has 1 atom stereocenters. The summed E-state index contributed by atoms with van der Waals surface area (Å²) >= 11 is 0. The van der Waals surface area contributed by atoms with Crippen molar-refractivity contribution in [1.82, 2.24) is 9.78 Å². The molecule has 1 aromatic carbocycles. The summed E-state index contributed by atoms with van der Waals surface area (Å²) in [6, 6.07) is 7.14. The molecule has 19 heavy (non-hydrogen) atoms. The van der Waals surface area contributed by atoms with Gasteiger partial charge in [0.05, 0.1) is 5.69 Å². The van der Waals surface area contributed by atoms with Gasteiger partial charge in [0.1, 0.15) is 11.5 Å². The molecule has 1 heterocycles. The van der Waals surface area contributed by atoms with Gasteiger partial charge in [-0.25, -0.2) is 9.07 Å². The Labute approximate surface area is 113 Å². The van der Waals surface area contributed by atoms with Gasteiger partial charge in [0, 0.05) is 12.2 Å². The zero-order valence-corrected chi connectivity index (χ0v) is 11.6. The first-order valence-corrected chi connectivity index (χ1v) is 6.57. The van der Waals surface area contributed by atoms with Gasteiger partial charge in [0.2, 0.25) is 0 Å². The second kappa shape index (κ2) is 5.53. The van der Waals surface area contributed by atoms with Crippen molar-refractivity contribution in [3.05, 3.63) is 47.5 Å². The highest BCUT2D eigenvalue weighted by Crippen LogP contribution is 2.18. The third-order valence-corrected chi connectivity index (χ3v) is 3.02. The summed E-state index contributed by atoms with van der Waals surface area (Å²) in [5.74, 6) is 0.0678. The lowest BCUT2D eigenvalue weighted by molar-refractivity contribution is 0.604. The van der Waals surface area contributed by atoms with Crippen LogP contribution < -0.4 is 5.73 Å². The quantitative estimate of drug-likeness (QED) is 0.919. The van der Waals surface area contributed by atoms with Gasteiger partial charge < -0.3 is 5.73 Å². The molecule has 1 aromatic heterocycles. The lowest BCUT2D eigenvalue weighted by Crippen LogP contribution is -2.17. The molecule has 2 aromatic rings. The second-order valence-electron chi connectivity index (χ2n) is 5.31. The first-order valence-electron chi connectivity index (χ1n) is 6.57. The van der Waals surface area contributed by atoms with Gasteiger partial charge in [-0.15, -0.1) is 0 Å². The minimum atomic E-state index is -0.267. The van der Waals surface area contributed by atoms with Crippen molar-refractivity contribution in [1.29, 1.82) is 0 Å². The number of nitrogens with zero attached hydrogens (tertiary/aromatic N) is 2. The Hall–Kier alpha value is -1.68. The van der Waals surface area contributed by atoms with E-state index >= 15 is 0 Å². The predicted molar refractivity (Wildman–Crippen MR) is 75.0 cm³/mol. The molecule has 102 valence electrons. The Morgan fingerprint density at radius 2 is 2.00 bits per heavy atom. The van der Waals surface area contributed by atoms with Crippen LogP contribution in [-0.4, -0.2) is 15.8 Å². The molecule has 0 radical (unpaired) electrons. The van der Waals surface area contributed by atoms with Crippen LogP contribution in [-0.2, 0) is 6.42 Å². The lowest BCUT2D eigenvalue weighted by atomic mass is 10.1. The second-order valence-corrected chi connectivity index (χ2v) is 5.31. The van der Waals surface area contributed by atoms with Crippen molar-refractivity contribution in [2.75, 3.05) is 0 Å². The van der Waals surface area contributed by atoms with Gasteiger partial charge in [-0.2, -0.15) is 5.10 Å². The molecular formula is C15H20FN3. The van der Waals surface area contributed by atoms with Crippen molar-refractivity contribution in [2.45, 2.75) is 39.2 Å². The summed E-state index contributed by atoms with van der Waals surface area (Å²) in [7, 11) is 0. The van der Waals surface area contributed by atoms with E-state index < -0.39 is 0 Å². The van der Waals surface area contributed by atoms with Crippen LogP contribution in [0.15, 0.2) is 30.5 Å². The van der Waals surface area contributed by atoms with E-state index in [-0.39, 0.29) is 11.9 Å². The Bertz CT molecular complexity index is 558. The highest BCUT2D eigenvalue weighted by atomic mass is 19.1. The van der Waals surface area contributed by atoms with E-state index in [1.165, 1.54) is 6.07 Å². The fourth-order valence-electron chi connectivity index (χ4n) is 2.02. The van der Waals surface area contributed by atoms with Crippen LogP contribution in [0.1, 0.15) is 37.9 Å². The Balaban J connectivity index is 2.29. The van der Waals surface area contributed by atoms with E-state index in [4.69, 9.17) is 5.73 Å². The van der Waals surface area contributed by atoms with Crippen LogP contribution in [0, 0.1) is 5.82 Å². The van der Waals surface area contributed by atoms with Crippen molar-refractivity contribution < 1.29 is 4.39 Å². The third-order valence-electron chi connectivity index (χ3n) is 3.02. The van der Waals surface area contributed by atoms with Crippen LogP contribution in [0.3, 0.4) is 0 Å². The number of nitrogens with two attached hydrogens (primary N) is 1. The Morgan fingerprint density at radius 3 is 2.53 bits per heavy atom. The number of hydrogen-bond donors (Lipinski definition) is 1. The predicted octanol–water partition coefficient (Wildman–Crippen LogP) is 3.02. The lowest BCUT2D eigenvalue weighted by Gasteiger charge is -2.08. The largest absolute Gasteiger partial charge is 0.328 e. The average Bonchev–Trinajstić information content (AvgIpc) is 2.77. The number of rotatable bonds is 4. The molecule has 0 saturated carbocycles. The van der Waals surface area contributed by atoms with E-state index in [0.29, 0.717) is 18.0 Å². The van der Waals surface area contributed by atoms with Crippen LogP contribution in [0.5, 0.6) is 0 Å². The zero-order valence-electron chi connectivity index (χ0n) is 11.6. The molecule has 4 heteroatoms. The fraction of sp³-hybridized carbons (Fsp3) is 0.400. The summed E-state index contributed by atoms with van der Waals surface area (Å²) in [5, 5.41) is 4.38. The monoisotopic (exact) mass is 261 g/mol. The molecule has 0 bridgehead atoms. The molecule has 1 unspecified atom stereocenters. The first kappa shape index (κ1) is 13.7. The molecule has 0 aliphatic rings. The topological polar surface area (TPSA) is 43.8 Å². The van der Waals surface area contributed by atoms with Crippen LogP contribution in [0.2, 0.25) is 0 Å². The molecule has 0 aliphatic carbocycles. The number of halogens is 1. The van der Waals surface area contributed by atoms with Crippen molar-refractivity contribution >= 4 is 0 Å². The normalized spacial score (nSPS) is 12.9. The van der Waals surface area contributed by atoms with E-state index in [1.54, 1.807) is 16.9 Å². The standard InChI is InChI=1S/C15H20FN3/c1-10(2)14-6-7-19(18-14)15-5-4-12(8-11(3)17)9-13(15)16/h4-7,9-11H,8,17H2,1-3H3. The molecule has 0 amide bonds.